The van der Waals surface area contributed by atoms with Crippen molar-refractivity contribution in [3.63, 3.8) is 0 Å². The summed E-state index contributed by atoms with van der Waals surface area (Å²) in [7, 11) is 1.98. The molecule has 2 atom stereocenters. The van der Waals surface area contributed by atoms with Crippen molar-refractivity contribution < 1.29 is 4.74 Å². The largest absolute Gasteiger partial charge is 0.490 e. The molecule has 0 fully saturated rings. The third-order valence-electron chi connectivity index (χ3n) is 5.52. The van der Waals surface area contributed by atoms with Crippen LogP contribution < -0.4 is 10.6 Å². The minimum Gasteiger partial charge on any atom is -0.490 e. The fraction of sp³-hybridized carbons (Fsp3) is 0.370. The number of fused-ring (bicyclic) bond motifs is 1. The van der Waals surface area contributed by atoms with E-state index >= 15 is 0 Å². The zero-order valence-electron chi connectivity index (χ0n) is 22.0. The number of benzene rings is 1. The van der Waals surface area contributed by atoms with E-state index in [1.54, 1.807) is 17.8 Å². The average molecular weight is 559 g/mol. The van der Waals surface area contributed by atoms with E-state index in [9.17, 15) is 0 Å². The van der Waals surface area contributed by atoms with Crippen LogP contribution in [0, 0.1) is 0 Å². The van der Waals surface area contributed by atoms with Gasteiger partial charge in [0.2, 0.25) is 0 Å². The summed E-state index contributed by atoms with van der Waals surface area (Å²) in [5.74, 6) is 1.62. The molecule has 2 N–H and O–H groups in total. The summed E-state index contributed by atoms with van der Waals surface area (Å²) in [6.45, 7) is 14.6. The molecule has 0 radical (unpaired) electrons. The zero-order valence-corrected chi connectivity index (χ0v) is 24.4. The monoisotopic (exact) mass is 558 g/mol. The van der Waals surface area contributed by atoms with E-state index in [0.29, 0.717) is 30.0 Å². The third kappa shape index (κ3) is 8.45. The maximum Gasteiger partial charge on any atom is 0.157 e. The first kappa shape index (κ1) is 28.9. The van der Waals surface area contributed by atoms with Gasteiger partial charge in [-0.3, -0.25) is 4.99 Å². The van der Waals surface area contributed by atoms with Crippen LogP contribution in [0.1, 0.15) is 38.1 Å². The Morgan fingerprint density at radius 3 is 2.84 bits per heavy atom. The van der Waals surface area contributed by atoms with Gasteiger partial charge in [-0.25, -0.2) is 9.98 Å². The van der Waals surface area contributed by atoms with Crippen LogP contribution in [0.15, 0.2) is 80.7 Å². The molecule has 0 amide bonds. The van der Waals surface area contributed by atoms with E-state index in [0.717, 1.165) is 44.2 Å². The van der Waals surface area contributed by atoms with Crippen molar-refractivity contribution >= 4 is 57.4 Å². The van der Waals surface area contributed by atoms with Gasteiger partial charge in [0.15, 0.2) is 5.17 Å². The number of amidine groups is 1. The highest BCUT2D eigenvalue weighted by Gasteiger charge is 2.23. The minimum absolute atomic E-state index is 0.147. The fourth-order valence-electron chi connectivity index (χ4n) is 3.56. The number of aliphatic imine (C=N–C) groups is 3. The molecule has 0 saturated carbocycles. The molecule has 2 heterocycles. The number of ether oxygens (including phenoxy) is 1. The highest BCUT2D eigenvalue weighted by Crippen LogP contribution is 2.32. The second kappa shape index (κ2) is 13.8. The summed E-state index contributed by atoms with van der Waals surface area (Å²) in [6.07, 6.45) is 7.19. The summed E-state index contributed by atoms with van der Waals surface area (Å²) < 4.78 is 5.86. The van der Waals surface area contributed by atoms with Crippen LogP contribution in [0.2, 0.25) is 0 Å². The van der Waals surface area contributed by atoms with Crippen LogP contribution in [0.5, 0.6) is 0 Å². The lowest BCUT2D eigenvalue weighted by atomic mass is 10.0. The maximum absolute atomic E-state index is 6.60. The summed E-state index contributed by atoms with van der Waals surface area (Å²) in [4.78, 5) is 15.6. The lowest BCUT2D eigenvalue weighted by Gasteiger charge is -2.33. The van der Waals surface area contributed by atoms with Gasteiger partial charge >= 0.3 is 0 Å². The first-order valence-electron chi connectivity index (χ1n) is 11.9. The molecule has 0 spiro atoms. The molecular weight excluding hydrogens is 524 g/mol. The number of thioether (sulfide) groups is 2. The molecule has 10 heteroatoms. The van der Waals surface area contributed by atoms with Crippen LogP contribution >= 0.6 is 35.1 Å². The summed E-state index contributed by atoms with van der Waals surface area (Å²) in [6, 6.07) is 6.69. The Morgan fingerprint density at radius 2 is 2.19 bits per heavy atom. The number of halogens is 1. The van der Waals surface area contributed by atoms with Gasteiger partial charge in [-0.15, -0.1) is 11.8 Å². The molecular formula is C27H35ClN6OS2. The number of allylic oxidation sites excluding steroid dienone is 5. The minimum atomic E-state index is -0.147. The number of nitrogens with zero attached hydrogens (tertiary/aromatic N) is 4. The normalized spacial score (nSPS) is 20.2. The van der Waals surface area contributed by atoms with E-state index in [-0.39, 0.29) is 6.17 Å². The molecule has 0 aliphatic carbocycles. The van der Waals surface area contributed by atoms with Gasteiger partial charge in [-0.05, 0) is 56.9 Å². The van der Waals surface area contributed by atoms with Crippen molar-refractivity contribution in [3.8, 4) is 0 Å². The maximum atomic E-state index is 6.60. The topological polar surface area (TPSA) is 73.6 Å². The first-order valence-corrected chi connectivity index (χ1v) is 14.5. The van der Waals surface area contributed by atoms with E-state index in [1.165, 1.54) is 11.8 Å². The van der Waals surface area contributed by atoms with Crippen molar-refractivity contribution in [1.29, 1.82) is 0 Å². The Bertz CT molecular complexity index is 1170. The highest BCUT2D eigenvalue weighted by molar-refractivity contribution is 8.14. The molecule has 0 saturated heterocycles. The first-order chi connectivity index (χ1) is 17.7. The molecule has 0 bridgehead atoms. The van der Waals surface area contributed by atoms with Crippen molar-refractivity contribution in [1.82, 2.24) is 15.5 Å². The summed E-state index contributed by atoms with van der Waals surface area (Å²) >= 11 is 9.88. The predicted octanol–water partition coefficient (Wildman–Crippen LogP) is 6.31. The van der Waals surface area contributed by atoms with E-state index in [1.807, 2.05) is 44.5 Å². The van der Waals surface area contributed by atoms with Gasteiger partial charge in [0.1, 0.15) is 23.6 Å². The van der Waals surface area contributed by atoms with Crippen molar-refractivity contribution in [3.05, 3.63) is 76.8 Å². The number of hydrogen-bond donors (Lipinski definition) is 2. The molecule has 2 aliphatic heterocycles. The van der Waals surface area contributed by atoms with E-state index in [4.69, 9.17) is 16.3 Å². The zero-order chi connectivity index (χ0) is 26.9. The van der Waals surface area contributed by atoms with Gasteiger partial charge in [-0.1, -0.05) is 42.6 Å². The molecule has 1 aromatic rings. The molecule has 3 rings (SSSR count). The average Bonchev–Trinajstić information content (AvgIpc) is 3.30. The lowest BCUT2D eigenvalue weighted by Crippen LogP contribution is -2.36. The van der Waals surface area contributed by atoms with Gasteiger partial charge in [0.25, 0.3) is 0 Å². The lowest BCUT2D eigenvalue weighted by molar-refractivity contribution is 0.262. The molecule has 0 aromatic heterocycles. The number of nitrogens with one attached hydrogen (secondary N) is 2. The standard InChI is InChI=1S/C27H35ClN6OS2/c1-8-21(12-23(28)19(5)35-14-25(36-7)31-17(2)3)33-26-22-11-20(9-10-24(22)30-16-34(26)6)13-29-27-32-18(4)15-37-27/h8-12,16,18,26,33H,1-2,13-15H2,3-7H3,(H,29,32)/b21-12+,23-19-,31-25-/t18-,26+/m1/s1. The fourth-order valence-corrected chi connectivity index (χ4v) is 5.06. The van der Waals surface area contributed by atoms with Crippen LogP contribution in [0.3, 0.4) is 0 Å². The second-order valence-corrected chi connectivity index (χ2v) is 11.0. The molecule has 198 valence electrons. The van der Waals surface area contributed by atoms with E-state index in [2.05, 4.69) is 63.9 Å². The molecule has 7 nitrogen and oxygen atoms in total. The molecule has 0 unspecified atom stereocenters. The Kier molecular flexibility index (Phi) is 10.8. The molecule has 2 aliphatic rings. The SMILES string of the molecule is C=C/C(=C\C(Cl)=C(/C)OC/C(=N/C(=C)C)SC)N[C@@H]1c2cc(CNC3=N[C@H](C)CS3)ccc2N=CN1C. The van der Waals surface area contributed by atoms with Crippen LogP contribution in [-0.2, 0) is 11.3 Å². The Labute approximate surface area is 234 Å². The van der Waals surface area contributed by atoms with E-state index < -0.39 is 0 Å². The van der Waals surface area contributed by atoms with Gasteiger partial charge in [0, 0.05) is 36.3 Å². The van der Waals surface area contributed by atoms with Crippen molar-refractivity contribution in [2.75, 3.05) is 25.7 Å². The summed E-state index contributed by atoms with van der Waals surface area (Å²) in [5, 5.41) is 9.31. The Hall–Kier alpha value is -2.62. The molecule has 37 heavy (non-hydrogen) atoms. The van der Waals surface area contributed by atoms with Crippen LogP contribution in [0.4, 0.5) is 5.69 Å². The van der Waals surface area contributed by atoms with Crippen LogP contribution in [0.25, 0.3) is 0 Å². The smallest absolute Gasteiger partial charge is 0.157 e. The third-order valence-corrected chi connectivity index (χ3v) is 7.75. The Balaban J connectivity index is 1.75. The van der Waals surface area contributed by atoms with Gasteiger partial charge < -0.3 is 20.3 Å². The summed E-state index contributed by atoms with van der Waals surface area (Å²) in [5.41, 5.74) is 4.65. The van der Waals surface area contributed by atoms with Crippen molar-refractivity contribution in [2.45, 2.75) is 39.5 Å². The highest BCUT2D eigenvalue weighted by atomic mass is 35.5. The van der Waals surface area contributed by atoms with Crippen LogP contribution in [-0.4, -0.2) is 53.2 Å². The number of hydrogen-bond acceptors (Lipinski definition) is 9. The van der Waals surface area contributed by atoms with Gasteiger partial charge in [-0.2, -0.15) is 0 Å². The predicted molar refractivity (Wildman–Crippen MR) is 163 cm³/mol. The second-order valence-electron chi connectivity index (χ2n) is 8.74. The number of rotatable bonds is 10. The Morgan fingerprint density at radius 1 is 1.41 bits per heavy atom. The molecule has 1 aromatic carbocycles. The quantitative estimate of drug-likeness (QED) is 0.152. The van der Waals surface area contributed by atoms with Gasteiger partial charge in [0.05, 0.1) is 23.1 Å². The van der Waals surface area contributed by atoms with Crippen molar-refractivity contribution in [2.24, 2.45) is 15.0 Å².